The smallest absolute Gasteiger partial charge is 0.439 e. The summed E-state index contributed by atoms with van der Waals surface area (Å²) in [5.74, 6) is 1.37. The molecule has 0 amide bonds. The number of halogens is 3. The molecule has 7 nitrogen and oxygen atoms in total. The van der Waals surface area contributed by atoms with E-state index in [0.717, 1.165) is 0 Å². The van der Waals surface area contributed by atoms with Gasteiger partial charge in [0, 0.05) is 18.6 Å². The number of nitrogens with zero attached hydrogens (tertiary/aromatic N) is 2. The van der Waals surface area contributed by atoms with Gasteiger partial charge in [-0.05, 0) is 35.9 Å². The van der Waals surface area contributed by atoms with E-state index in [1.54, 1.807) is 37.3 Å². The van der Waals surface area contributed by atoms with Crippen LogP contribution in [0.3, 0.4) is 0 Å². The van der Waals surface area contributed by atoms with Gasteiger partial charge in [0.15, 0.2) is 0 Å². The molecule has 0 spiro atoms. The molecule has 29 heavy (non-hydrogen) atoms. The van der Waals surface area contributed by atoms with E-state index in [1.165, 1.54) is 24.3 Å². The molecule has 1 aromatic heterocycles. The molecule has 0 saturated carbocycles. The minimum atomic E-state index is -4.73. The van der Waals surface area contributed by atoms with Gasteiger partial charge in [0.1, 0.15) is 17.6 Å². The fraction of sp³-hybridized carbons (Fsp3) is 0.158. The van der Waals surface area contributed by atoms with Crippen molar-refractivity contribution in [1.82, 2.24) is 15.7 Å². The Morgan fingerprint density at radius 1 is 1.03 bits per heavy atom. The van der Waals surface area contributed by atoms with E-state index in [1.807, 2.05) is 0 Å². The average molecular weight is 405 g/mol. The highest BCUT2D eigenvalue weighted by Gasteiger charge is 2.31. The van der Waals surface area contributed by atoms with Crippen molar-refractivity contribution in [3.63, 3.8) is 0 Å². The lowest BCUT2D eigenvalue weighted by Gasteiger charge is -2.11. The van der Waals surface area contributed by atoms with Gasteiger partial charge in [-0.15, -0.1) is 23.4 Å². The van der Waals surface area contributed by atoms with Crippen molar-refractivity contribution >= 4 is 0 Å². The van der Waals surface area contributed by atoms with Crippen LogP contribution in [-0.2, 0) is 4.84 Å². The summed E-state index contributed by atoms with van der Waals surface area (Å²) in [7, 11) is 0. The van der Waals surface area contributed by atoms with Crippen LogP contribution in [0.4, 0.5) is 13.2 Å². The third-order valence-corrected chi connectivity index (χ3v) is 3.87. The van der Waals surface area contributed by atoms with Gasteiger partial charge in [-0.3, -0.25) is 4.84 Å². The maximum Gasteiger partial charge on any atom is 0.573 e. The number of aromatic nitrogens is 2. The molecule has 4 rings (SSSR count). The molecule has 0 fully saturated rings. The molecule has 3 aromatic rings. The summed E-state index contributed by atoms with van der Waals surface area (Å²) in [6.45, 7) is 1.70. The minimum absolute atomic E-state index is 0.305. The van der Waals surface area contributed by atoms with Crippen molar-refractivity contribution in [1.29, 1.82) is 0 Å². The molecule has 0 bridgehead atoms. The summed E-state index contributed by atoms with van der Waals surface area (Å²) in [6.07, 6.45) is -3.61. The van der Waals surface area contributed by atoms with E-state index < -0.39 is 12.5 Å². The van der Waals surface area contributed by atoms with E-state index in [-0.39, 0.29) is 5.75 Å². The summed E-state index contributed by atoms with van der Waals surface area (Å²) >= 11 is 0. The van der Waals surface area contributed by atoms with Crippen molar-refractivity contribution in [3.05, 3.63) is 71.9 Å². The molecule has 1 unspecified atom stereocenters. The standard InChI is InChI=1S/C19H14F3N3O4/c1-11-23-24-18(26-11)13-3-2-4-15(9-13)27-17-10-16(29-25-17)12-5-7-14(8-6-12)28-19(20,21)22/h2-10,16,25H,1H3. The molecule has 2 heterocycles. The maximum atomic E-state index is 12.2. The van der Waals surface area contributed by atoms with Crippen molar-refractivity contribution < 1.29 is 31.9 Å². The number of alkyl halides is 3. The Balaban J connectivity index is 1.44. The highest BCUT2D eigenvalue weighted by molar-refractivity contribution is 5.55. The quantitative estimate of drug-likeness (QED) is 0.672. The second kappa shape index (κ2) is 7.47. The molecule has 1 atom stereocenters. The monoisotopic (exact) mass is 405 g/mol. The van der Waals surface area contributed by atoms with E-state index >= 15 is 0 Å². The van der Waals surface area contributed by atoms with Gasteiger partial charge in [-0.2, -0.15) is 0 Å². The number of hydrogen-bond donors (Lipinski definition) is 1. The van der Waals surface area contributed by atoms with E-state index in [4.69, 9.17) is 14.0 Å². The summed E-state index contributed by atoms with van der Waals surface area (Å²) < 4.78 is 51.7. The van der Waals surface area contributed by atoms with Crippen LogP contribution in [0.15, 0.2) is 64.9 Å². The van der Waals surface area contributed by atoms with Crippen molar-refractivity contribution in [2.75, 3.05) is 0 Å². The van der Waals surface area contributed by atoms with Crippen LogP contribution in [0.25, 0.3) is 11.5 Å². The first-order valence-electron chi connectivity index (χ1n) is 8.43. The highest BCUT2D eigenvalue weighted by atomic mass is 19.4. The average Bonchev–Trinajstić information content (AvgIpc) is 3.31. The van der Waals surface area contributed by atoms with E-state index in [0.29, 0.717) is 34.5 Å². The number of aryl methyl sites for hydroxylation is 1. The number of benzene rings is 2. The SMILES string of the molecule is Cc1nnc(-c2cccc(OC3=CC(c4ccc(OC(F)(F)F)cc4)ON3)c2)o1. The lowest BCUT2D eigenvalue weighted by molar-refractivity contribution is -0.274. The fourth-order valence-electron chi connectivity index (χ4n) is 2.64. The van der Waals surface area contributed by atoms with E-state index in [2.05, 4.69) is 20.4 Å². The zero-order valence-corrected chi connectivity index (χ0v) is 14.9. The summed E-state index contributed by atoms with van der Waals surface area (Å²) in [4.78, 5) is 5.41. The third-order valence-electron chi connectivity index (χ3n) is 3.87. The van der Waals surface area contributed by atoms with Crippen LogP contribution in [-0.4, -0.2) is 16.6 Å². The molecule has 1 aliphatic rings. The summed E-state index contributed by atoms with van der Waals surface area (Å²) in [5.41, 5.74) is 3.97. The van der Waals surface area contributed by atoms with Gasteiger partial charge in [0.05, 0.1) is 0 Å². The summed E-state index contributed by atoms with van der Waals surface area (Å²) in [5, 5.41) is 7.75. The molecule has 0 saturated heterocycles. The number of rotatable bonds is 5. The number of hydrogen-bond acceptors (Lipinski definition) is 7. The Morgan fingerprint density at radius 2 is 1.83 bits per heavy atom. The zero-order valence-electron chi connectivity index (χ0n) is 14.9. The van der Waals surface area contributed by atoms with Gasteiger partial charge in [-0.1, -0.05) is 18.2 Å². The van der Waals surface area contributed by atoms with Gasteiger partial charge >= 0.3 is 6.36 Å². The molecule has 10 heteroatoms. The van der Waals surface area contributed by atoms with Crippen LogP contribution >= 0.6 is 0 Å². The predicted octanol–water partition coefficient (Wildman–Crippen LogP) is 4.44. The maximum absolute atomic E-state index is 12.2. The Kier molecular flexibility index (Phi) is 4.85. The normalized spacial score (nSPS) is 16.3. The number of nitrogens with one attached hydrogen (secondary N) is 1. The van der Waals surface area contributed by atoms with Crippen LogP contribution in [0, 0.1) is 6.92 Å². The first-order chi connectivity index (χ1) is 13.9. The first kappa shape index (κ1) is 18.8. The van der Waals surface area contributed by atoms with E-state index in [9.17, 15) is 13.2 Å². The van der Waals surface area contributed by atoms with Gasteiger partial charge in [0.25, 0.3) is 0 Å². The van der Waals surface area contributed by atoms with Gasteiger partial charge in [0.2, 0.25) is 17.7 Å². The van der Waals surface area contributed by atoms with Gasteiger partial charge in [-0.25, -0.2) is 5.48 Å². The van der Waals surface area contributed by atoms with Crippen LogP contribution in [0.5, 0.6) is 11.5 Å². The second-order valence-electron chi connectivity index (χ2n) is 6.04. The Hall–Kier alpha value is -3.53. The van der Waals surface area contributed by atoms with Crippen LogP contribution in [0.1, 0.15) is 17.6 Å². The molecule has 2 aromatic carbocycles. The first-order valence-corrected chi connectivity index (χ1v) is 8.43. The lowest BCUT2D eigenvalue weighted by Crippen LogP contribution is -2.17. The van der Waals surface area contributed by atoms with Gasteiger partial charge < -0.3 is 13.9 Å². The molecular formula is C19H14F3N3O4. The molecule has 0 aliphatic carbocycles. The Morgan fingerprint density at radius 3 is 2.52 bits per heavy atom. The molecule has 150 valence electrons. The molecule has 1 N–H and O–H groups in total. The molecule has 1 aliphatic heterocycles. The Bertz CT molecular complexity index is 1030. The van der Waals surface area contributed by atoms with Crippen LogP contribution < -0.4 is 15.0 Å². The summed E-state index contributed by atoms with van der Waals surface area (Å²) in [6, 6.07) is 12.4. The largest absolute Gasteiger partial charge is 0.573 e. The van der Waals surface area contributed by atoms with Crippen molar-refractivity contribution in [2.24, 2.45) is 0 Å². The molecular weight excluding hydrogens is 391 g/mol. The topological polar surface area (TPSA) is 78.6 Å². The fourth-order valence-corrected chi connectivity index (χ4v) is 2.64. The van der Waals surface area contributed by atoms with Crippen LogP contribution in [0.2, 0.25) is 0 Å². The predicted molar refractivity (Wildman–Crippen MR) is 93.3 cm³/mol. The van der Waals surface area contributed by atoms with Crippen molar-refractivity contribution in [3.8, 4) is 23.0 Å². The lowest BCUT2D eigenvalue weighted by atomic mass is 10.1. The number of ether oxygens (including phenoxy) is 2. The Labute approximate surface area is 162 Å². The second-order valence-corrected chi connectivity index (χ2v) is 6.04. The highest BCUT2D eigenvalue weighted by Crippen LogP contribution is 2.30. The van der Waals surface area contributed by atoms with Crippen molar-refractivity contribution in [2.45, 2.75) is 19.4 Å². The zero-order chi connectivity index (χ0) is 20.4. The third kappa shape index (κ3) is 4.66. The minimum Gasteiger partial charge on any atom is -0.439 e. The number of hydroxylamine groups is 1. The molecule has 0 radical (unpaired) electrons.